The molecule has 2 aliphatic rings. The number of hydrogen-bond donors (Lipinski definition) is 2. The highest BCUT2D eigenvalue weighted by Crippen LogP contribution is 2.37. The maximum Gasteiger partial charge on any atom is 0.227 e. The fourth-order valence-electron chi connectivity index (χ4n) is 3.36. The molecule has 22 heavy (non-hydrogen) atoms. The maximum atomic E-state index is 12.3. The van der Waals surface area contributed by atoms with E-state index in [-0.39, 0.29) is 11.8 Å². The third-order valence-corrected chi connectivity index (χ3v) is 4.99. The van der Waals surface area contributed by atoms with E-state index in [4.69, 9.17) is 0 Å². The third kappa shape index (κ3) is 2.22. The Morgan fingerprint density at radius 2 is 1.91 bits per heavy atom. The monoisotopic (exact) mass is 292 g/mol. The van der Waals surface area contributed by atoms with E-state index in [2.05, 4.69) is 47.0 Å². The second-order valence-corrected chi connectivity index (χ2v) is 6.40. The van der Waals surface area contributed by atoms with E-state index < -0.39 is 0 Å². The molecular formula is C19H20N2O. The molecule has 0 aromatic heterocycles. The molecule has 0 spiro atoms. The molecule has 1 unspecified atom stereocenters. The van der Waals surface area contributed by atoms with Gasteiger partial charge in [-0.1, -0.05) is 37.3 Å². The molecule has 1 aliphatic carbocycles. The predicted molar refractivity (Wildman–Crippen MR) is 88.8 cm³/mol. The van der Waals surface area contributed by atoms with Gasteiger partial charge in [0.15, 0.2) is 0 Å². The number of nitrogens with one attached hydrogen (secondary N) is 2. The third-order valence-electron chi connectivity index (χ3n) is 4.99. The Labute approximate surface area is 130 Å². The molecule has 0 radical (unpaired) electrons. The molecular weight excluding hydrogens is 272 g/mol. The molecule has 2 aromatic carbocycles. The molecule has 1 heterocycles. The quantitative estimate of drug-likeness (QED) is 0.779. The lowest BCUT2D eigenvalue weighted by molar-refractivity contribution is -0.121. The van der Waals surface area contributed by atoms with E-state index in [0.717, 1.165) is 25.2 Å². The van der Waals surface area contributed by atoms with Gasteiger partial charge in [0.2, 0.25) is 5.91 Å². The van der Waals surface area contributed by atoms with Gasteiger partial charge in [-0.3, -0.25) is 4.79 Å². The summed E-state index contributed by atoms with van der Waals surface area (Å²) in [6.45, 7) is 3.92. The van der Waals surface area contributed by atoms with Crippen LogP contribution in [0.1, 0.15) is 18.1 Å². The Balaban J connectivity index is 1.53. The minimum absolute atomic E-state index is 0.0618. The SMILES string of the molecule is CC(C(=O)Nc1ccc2c(c1)Cc1ccccc1-2)C1CNC1. The molecule has 3 heteroatoms. The summed E-state index contributed by atoms with van der Waals surface area (Å²) in [5, 5.41) is 6.31. The van der Waals surface area contributed by atoms with Crippen LogP contribution < -0.4 is 10.6 Å². The van der Waals surface area contributed by atoms with Gasteiger partial charge in [-0.2, -0.15) is 0 Å². The molecule has 1 atom stereocenters. The molecule has 4 rings (SSSR count). The summed E-state index contributed by atoms with van der Waals surface area (Å²) in [5.41, 5.74) is 6.21. The standard InChI is InChI=1S/C19H20N2O/c1-12(15-10-20-11-15)19(22)21-16-6-7-18-14(9-16)8-13-4-2-3-5-17(13)18/h2-7,9,12,15,20H,8,10-11H2,1H3,(H,21,22). The number of fused-ring (bicyclic) bond motifs is 3. The van der Waals surface area contributed by atoms with Crippen LogP contribution in [0, 0.1) is 11.8 Å². The van der Waals surface area contributed by atoms with Crippen LogP contribution in [0.5, 0.6) is 0 Å². The molecule has 0 bridgehead atoms. The van der Waals surface area contributed by atoms with Crippen LogP contribution in [0.25, 0.3) is 11.1 Å². The number of carbonyl (C=O) groups excluding carboxylic acids is 1. The number of benzene rings is 2. The Bertz CT molecular complexity index is 734. The van der Waals surface area contributed by atoms with E-state index in [1.165, 1.54) is 22.3 Å². The topological polar surface area (TPSA) is 41.1 Å². The molecule has 3 nitrogen and oxygen atoms in total. The van der Waals surface area contributed by atoms with Crippen molar-refractivity contribution in [1.29, 1.82) is 0 Å². The Hall–Kier alpha value is -2.13. The van der Waals surface area contributed by atoms with E-state index >= 15 is 0 Å². The average molecular weight is 292 g/mol. The van der Waals surface area contributed by atoms with E-state index in [1.807, 2.05) is 13.0 Å². The molecule has 1 aliphatic heterocycles. The first kappa shape index (κ1) is 13.5. The van der Waals surface area contributed by atoms with E-state index in [0.29, 0.717) is 5.92 Å². The fraction of sp³-hybridized carbons (Fsp3) is 0.316. The lowest BCUT2D eigenvalue weighted by atomic mass is 9.88. The second kappa shape index (κ2) is 5.25. The summed E-state index contributed by atoms with van der Waals surface area (Å²) in [5.74, 6) is 0.660. The average Bonchev–Trinajstić information content (AvgIpc) is 2.83. The van der Waals surface area contributed by atoms with Crippen molar-refractivity contribution in [3.8, 4) is 11.1 Å². The van der Waals surface area contributed by atoms with Crippen molar-refractivity contribution in [2.45, 2.75) is 13.3 Å². The van der Waals surface area contributed by atoms with E-state index in [9.17, 15) is 4.79 Å². The van der Waals surface area contributed by atoms with Gasteiger partial charge in [-0.15, -0.1) is 0 Å². The van der Waals surface area contributed by atoms with Gasteiger partial charge in [0.1, 0.15) is 0 Å². The summed E-state index contributed by atoms with van der Waals surface area (Å²) in [6, 6.07) is 14.8. The van der Waals surface area contributed by atoms with Crippen LogP contribution in [-0.4, -0.2) is 19.0 Å². The Kier molecular flexibility index (Phi) is 3.23. The zero-order valence-electron chi connectivity index (χ0n) is 12.7. The Morgan fingerprint density at radius 1 is 1.14 bits per heavy atom. The van der Waals surface area contributed by atoms with Crippen LogP contribution >= 0.6 is 0 Å². The van der Waals surface area contributed by atoms with Gasteiger partial charge in [0.25, 0.3) is 0 Å². The van der Waals surface area contributed by atoms with Crippen LogP contribution in [-0.2, 0) is 11.2 Å². The van der Waals surface area contributed by atoms with Gasteiger partial charge in [-0.25, -0.2) is 0 Å². The zero-order chi connectivity index (χ0) is 15.1. The normalized spacial score (nSPS) is 17.3. The summed E-state index contributed by atoms with van der Waals surface area (Å²) < 4.78 is 0. The number of amides is 1. The van der Waals surface area contributed by atoms with Crippen molar-refractivity contribution in [2.75, 3.05) is 18.4 Å². The number of carbonyl (C=O) groups is 1. The number of rotatable bonds is 3. The van der Waals surface area contributed by atoms with Crippen molar-refractivity contribution in [1.82, 2.24) is 5.32 Å². The lowest BCUT2D eigenvalue weighted by Gasteiger charge is -2.31. The molecule has 1 saturated heterocycles. The highest BCUT2D eigenvalue weighted by atomic mass is 16.1. The van der Waals surface area contributed by atoms with Crippen LogP contribution in [0.3, 0.4) is 0 Å². The first-order chi connectivity index (χ1) is 10.7. The smallest absolute Gasteiger partial charge is 0.227 e. The van der Waals surface area contributed by atoms with Gasteiger partial charge in [0.05, 0.1) is 0 Å². The van der Waals surface area contributed by atoms with Crippen molar-refractivity contribution in [3.05, 3.63) is 53.6 Å². The number of anilines is 1. The lowest BCUT2D eigenvalue weighted by Crippen LogP contribution is -2.48. The van der Waals surface area contributed by atoms with Crippen molar-refractivity contribution in [3.63, 3.8) is 0 Å². The largest absolute Gasteiger partial charge is 0.326 e. The summed E-state index contributed by atoms with van der Waals surface area (Å²) in [7, 11) is 0. The molecule has 2 N–H and O–H groups in total. The summed E-state index contributed by atoms with van der Waals surface area (Å²) in [6.07, 6.45) is 0.956. The van der Waals surface area contributed by atoms with Crippen LogP contribution in [0.2, 0.25) is 0 Å². The first-order valence-electron chi connectivity index (χ1n) is 7.95. The zero-order valence-corrected chi connectivity index (χ0v) is 12.7. The van der Waals surface area contributed by atoms with Gasteiger partial charge >= 0.3 is 0 Å². The van der Waals surface area contributed by atoms with Crippen molar-refractivity contribution >= 4 is 11.6 Å². The molecule has 112 valence electrons. The molecule has 2 aromatic rings. The van der Waals surface area contributed by atoms with Crippen molar-refractivity contribution in [2.24, 2.45) is 11.8 Å². The van der Waals surface area contributed by atoms with Crippen LogP contribution in [0.15, 0.2) is 42.5 Å². The maximum absolute atomic E-state index is 12.3. The predicted octanol–water partition coefficient (Wildman–Crippen LogP) is 3.05. The van der Waals surface area contributed by atoms with Crippen molar-refractivity contribution < 1.29 is 4.79 Å². The van der Waals surface area contributed by atoms with Gasteiger partial charge < -0.3 is 10.6 Å². The van der Waals surface area contributed by atoms with Gasteiger partial charge in [-0.05, 0) is 59.8 Å². The molecule has 0 saturated carbocycles. The Morgan fingerprint density at radius 3 is 2.68 bits per heavy atom. The summed E-state index contributed by atoms with van der Waals surface area (Å²) in [4.78, 5) is 12.3. The second-order valence-electron chi connectivity index (χ2n) is 6.40. The number of hydrogen-bond acceptors (Lipinski definition) is 2. The van der Waals surface area contributed by atoms with E-state index in [1.54, 1.807) is 0 Å². The molecule has 1 fully saturated rings. The first-order valence-corrected chi connectivity index (χ1v) is 7.95. The molecule has 1 amide bonds. The minimum Gasteiger partial charge on any atom is -0.326 e. The van der Waals surface area contributed by atoms with Crippen LogP contribution in [0.4, 0.5) is 5.69 Å². The fourth-order valence-corrected chi connectivity index (χ4v) is 3.36. The van der Waals surface area contributed by atoms with Gasteiger partial charge in [0, 0.05) is 11.6 Å². The highest BCUT2D eigenvalue weighted by molar-refractivity contribution is 5.93. The highest BCUT2D eigenvalue weighted by Gasteiger charge is 2.29. The summed E-state index contributed by atoms with van der Waals surface area (Å²) >= 11 is 0. The minimum atomic E-state index is 0.0618.